The Morgan fingerprint density at radius 1 is 0.826 bits per heavy atom. The van der Waals surface area contributed by atoms with Crippen LogP contribution in [0.5, 0.6) is 0 Å². The van der Waals surface area contributed by atoms with Gasteiger partial charge in [0.15, 0.2) is 0 Å². The van der Waals surface area contributed by atoms with Crippen LogP contribution in [0.15, 0.2) is 53.0 Å². The van der Waals surface area contributed by atoms with Crippen LogP contribution < -0.4 is 10.6 Å². The number of halogens is 1. The van der Waals surface area contributed by atoms with Crippen LogP contribution in [-0.2, 0) is 14.3 Å². The molecule has 2 aromatic rings. The average Bonchev–Trinajstić information content (AvgIpc) is 2.56. The largest absolute Gasteiger partial charge is 0.465 e. The van der Waals surface area contributed by atoms with E-state index in [-0.39, 0.29) is 0 Å². The van der Waals surface area contributed by atoms with Gasteiger partial charge in [0.25, 0.3) is 0 Å². The molecule has 23 heavy (non-hydrogen) atoms. The molecule has 0 bridgehead atoms. The Bertz CT molecular complexity index is 727. The summed E-state index contributed by atoms with van der Waals surface area (Å²) < 4.78 is 5.44. The van der Waals surface area contributed by atoms with E-state index < -0.39 is 17.8 Å². The molecule has 2 amide bonds. The molecule has 2 aromatic carbocycles. The number of hydrogen-bond acceptors (Lipinski definition) is 4. The number of anilines is 2. The van der Waals surface area contributed by atoms with E-state index in [1.165, 1.54) is 31.4 Å². The summed E-state index contributed by atoms with van der Waals surface area (Å²) in [6, 6.07) is 12.8. The molecule has 6 nitrogen and oxygen atoms in total. The molecule has 2 N–H and O–H groups in total. The maximum atomic E-state index is 11.8. The van der Waals surface area contributed by atoms with E-state index in [0.29, 0.717) is 16.9 Å². The summed E-state index contributed by atoms with van der Waals surface area (Å²) >= 11 is 3.28. The summed E-state index contributed by atoms with van der Waals surface area (Å²) in [5.74, 6) is -2.07. The molecule has 0 fully saturated rings. The van der Waals surface area contributed by atoms with Gasteiger partial charge >= 0.3 is 17.8 Å². The molecule has 0 spiro atoms. The number of methoxy groups -OCH3 is 1. The van der Waals surface area contributed by atoms with Crippen molar-refractivity contribution in [3.8, 4) is 0 Å². The zero-order valence-electron chi connectivity index (χ0n) is 12.1. The van der Waals surface area contributed by atoms with Gasteiger partial charge in [-0.2, -0.15) is 0 Å². The second kappa shape index (κ2) is 7.55. The predicted octanol–water partition coefficient (Wildman–Crippen LogP) is 2.81. The lowest BCUT2D eigenvalue weighted by atomic mass is 10.2. The van der Waals surface area contributed by atoms with Gasteiger partial charge in [-0.25, -0.2) is 4.79 Å². The first-order chi connectivity index (χ1) is 11.0. The number of rotatable bonds is 3. The lowest BCUT2D eigenvalue weighted by Gasteiger charge is -2.07. The number of carbonyl (C=O) groups excluding carboxylic acids is 3. The van der Waals surface area contributed by atoms with E-state index >= 15 is 0 Å². The fourth-order valence-electron chi connectivity index (χ4n) is 1.72. The van der Waals surface area contributed by atoms with Gasteiger partial charge in [-0.3, -0.25) is 9.59 Å². The highest BCUT2D eigenvalue weighted by molar-refractivity contribution is 9.10. The van der Waals surface area contributed by atoms with Crippen molar-refractivity contribution >= 4 is 45.1 Å². The maximum absolute atomic E-state index is 11.8. The number of carbonyl (C=O) groups is 3. The van der Waals surface area contributed by atoms with Crippen LogP contribution in [0.4, 0.5) is 11.4 Å². The molecule has 0 aromatic heterocycles. The first-order valence-electron chi connectivity index (χ1n) is 6.56. The van der Waals surface area contributed by atoms with Crippen molar-refractivity contribution in [2.45, 2.75) is 0 Å². The smallest absolute Gasteiger partial charge is 0.337 e. The molecule has 0 saturated heterocycles. The Morgan fingerprint density at radius 2 is 1.26 bits per heavy atom. The van der Waals surface area contributed by atoms with Gasteiger partial charge in [-0.1, -0.05) is 15.9 Å². The number of amides is 2. The third-order valence-electron chi connectivity index (χ3n) is 2.87. The van der Waals surface area contributed by atoms with E-state index in [0.717, 1.165) is 4.47 Å². The maximum Gasteiger partial charge on any atom is 0.337 e. The SMILES string of the molecule is COC(=O)c1ccc(NC(=O)C(=O)Nc2ccc(Br)cc2)cc1. The van der Waals surface area contributed by atoms with Crippen LogP contribution >= 0.6 is 15.9 Å². The lowest BCUT2D eigenvalue weighted by Crippen LogP contribution is -2.29. The molecule has 0 radical (unpaired) electrons. The molecule has 0 aliphatic rings. The molecular formula is C16H13BrN2O4. The quantitative estimate of drug-likeness (QED) is 0.637. The van der Waals surface area contributed by atoms with E-state index in [2.05, 4.69) is 31.3 Å². The standard InChI is InChI=1S/C16H13BrN2O4/c1-23-16(22)10-2-6-12(7-3-10)18-14(20)15(21)19-13-8-4-11(17)5-9-13/h2-9H,1H3,(H,18,20)(H,19,21). The van der Waals surface area contributed by atoms with Gasteiger partial charge in [0.1, 0.15) is 0 Å². The summed E-state index contributed by atoms with van der Waals surface area (Å²) in [5.41, 5.74) is 1.26. The van der Waals surface area contributed by atoms with Crippen molar-refractivity contribution in [1.29, 1.82) is 0 Å². The first-order valence-corrected chi connectivity index (χ1v) is 7.35. The number of ether oxygens (including phenoxy) is 1. The number of hydrogen-bond donors (Lipinski definition) is 2. The summed E-state index contributed by atoms with van der Waals surface area (Å²) in [5, 5.41) is 4.93. The summed E-state index contributed by atoms with van der Waals surface area (Å²) in [6.07, 6.45) is 0. The Kier molecular flexibility index (Phi) is 5.48. The van der Waals surface area contributed by atoms with Gasteiger partial charge in [-0.15, -0.1) is 0 Å². The fraction of sp³-hybridized carbons (Fsp3) is 0.0625. The highest BCUT2D eigenvalue weighted by Gasteiger charge is 2.14. The monoisotopic (exact) mass is 376 g/mol. The molecule has 0 saturated carbocycles. The van der Waals surface area contributed by atoms with Crippen molar-refractivity contribution in [1.82, 2.24) is 0 Å². The van der Waals surface area contributed by atoms with E-state index in [1.54, 1.807) is 24.3 Å². The first kappa shape index (κ1) is 16.7. The fourth-order valence-corrected chi connectivity index (χ4v) is 1.98. The van der Waals surface area contributed by atoms with E-state index in [1.807, 2.05) is 0 Å². The van der Waals surface area contributed by atoms with Crippen molar-refractivity contribution < 1.29 is 19.1 Å². The molecule has 7 heteroatoms. The van der Waals surface area contributed by atoms with E-state index in [4.69, 9.17) is 0 Å². The minimum Gasteiger partial charge on any atom is -0.465 e. The van der Waals surface area contributed by atoms with Crippen molar-refractivity contribution in [3.05, 3.63) is 58.6 Å². The van der Waals surface area contributed by atoms with Crippen LogP contribution in [-0.4, -0.2) is 24.9 Å². The number of benzene rings is 2. The topological polar surface area (TPSA) is 84.5 Å². The highest BCUT2D eigenvalue weighted by atomic mass is 79.9. The molecule has 0 atom stereocenters. The summed E-state index contributed by atoms with van der Waals surface area (Å²) in [4.78, 5) is 35.0. The molecular weight excluding hydrogens is 364 g/mol. The number of nitrogens with one attached hydrogen (secondary N) is 2. The van der Waals surface area contributed by atoms with Crippen LogP contribution in [0, 0.1) is 0 Å². The molecule has 118 valence electrons. The predicted molar refractivity (Wildman–Crippen MR) is 89.2 cm³/mol. The summed E-state index contributed by atoms with van der Waals surface area (Å²) in [7, 11) is 1.28. The molecule has 0 aliphatic carbocycles. The Balaban J connectivity index is 1.96. The van der Waals surface area contributed by atoms with Crippen LogP contribution in [0.3, 0.4) is 0 Å². The lowest BCUT2D eigenvalue weighted by molar-refractivity contribution is -0.132. The average molecular weight is 377 g/mol. The molecule has 2 rings (SSSR count). The van der Waals surface area contributed by atoms with Crippen molar-refractivity contribution in [3.63, 3.8) is 0 Å². The van der Waals surface area contributed by atoms with Gasteiger partial charge in [0.05, 0.1) is 12.7 Å². The van der Waals surface area contributed by atoms with Crippen LogP contribution in [0.1, 0.15) is 10.4 Å². The normalized spacial score (nSPS) is 9.83. The molecule has 0 unspecified atom stereocenters. The molecule has 0 heterocycles. The van der Waals surface area contributed by atoms with Gasteiger partial charge in [0, 0.05) is 15.8 Å². The van der Waals surface area contributed by atoms with Crippen molar-refractivity contribution in [2.75, 3.05) is 17.7 Å². The molecule has 0 aliphatic heterocycles. The zero-order valence-corrected chi connectivity index (χ0v) is 13.7. The van der Waals surface area contributed by atoms with Crippen LogP contribution in [0.2, 0.25) is 0 Å². The van der Waals surface area contributed by atoms with Gasteiger partial charge < -0.3 is 15.4 Å². The van der Waals surface area contributed by atoms with Crippen molar-refractivity contribution in [2.24, 2.45) is 0 Å². The summed E-state index contributed by atoms with van der Waals surface area (Å²) in [6.45, 7) is 0. The second-order valence-corrected chi connectivity index (χ2v) is 5.40. The highest BCUT2D eigenvalue weighted by Crippen LogP contribution is 2.14. The van der Waals surface area contributed by atoms with Gasteiger partial charge in [-0.05, 0) is 48.5 Å². The third-order valence-corrected chi connectivity index (χ3v) is 3.40. The van der Waals surface area contributed by atoms with Crippen LogP contribution in [0.25, 0.3) is 0 Å². The second-order valence-electron chi connectivity index (χ2n) is 4.48. The minimum atomic E-state index is -0.807. The van der Waals surface area contributed by atoms with E-state index in [9.17, 15) is 14.4 Å². The number of esters is 1. The Morgan fingerprint density at radius 3 is 1.70 bits per heavy atom. The Hall–Kier alpha value is -2.67. The Labute approximate surface area is 141 Å². The third kappa shape index (κ3) is 4.65. The zero-order chi connectivity index (χ0) is 16.8. The van der Waals surface area contributed by atoms with Gasteiger partial charge in [0.2, 0.25) is 0 Å². The minimum absolute atomic E-state index is 0.352.